The molecule has 0 aromatic rings. The van der Waals surface area contributed by atoms with Crippen molar-refractivity contribution in [3.05, 3.63) is 11.8 Å². The molecule has 1 aliphatic rings. The molecule has 0 aromatic carbocycles. The molecule has 1 aliphatic carbocycles. The highest BCUT2D eigenvalue weighted by molar-refractivity contribution is 5.03. The number of hydrogen-bond acceptors (Lipinski definition) is 1. The van der Waals surface area contributed by atoms with E-state index in [1.165, 1.54) is 19.3 Å². The molecule has 0 atom stereocenters. The second kappa shape index (κ2) is 2.21. The average molecular weight is 111 g/mol. The Kier molecular flexibility index (Phi) is 1.56. The van der Waals surface area contributed by atoms with Gasteiger partial charge in [-0.1, -0.05) is 12.5 Å². The second-order valence-electron chi connectivity index (χ2n) is 2.42. The molecule has 2 N–H and O–H groups in total. The van der Waals surface area contributed by atoms with Crippen LogP contribution in [0.15, 0.2) is 11.8 Å². The van der Waals surface area contributed by atoms with Crippen LogP contribution in [0, 0.1) is 5.92 Å². The Hall–Kier alpha value is -0.460. The summed E-state index contributed by atoms with van der Waals surface area (Å²) in [5.41, 5.74) is 6.73. The fraction of sp³-hybridized carbons (Fsp3) is 0.714. The van der Waals surface area contributed by atoms with Gasteiger partial charge in [-0.05, 0) is 25.7 Å². The van der Waals surface area contributed by atoms with Crippen LogP contribution in [0.4, 0.5) is 0 Å². The van der Waals surface area contributed by atoms with Gasteiger partial charge in [0.15, 0.2) is 0 Å². The van der Waals surface area contributed by atoms with Gasteiger partial charge in [-0.2, -0.15) is 0 Å². The number of rotatable bonds is 1. The highest BCUT2D eigenvalue weighted by atomic mass is 14.6. The van der Waals surface area contributed by atoms with Crippen molar-refractivity contribution in [2.75, 3.05) is 0 Å². The second-order valence-corrected chi connectivity index (χ2v) is 2.42. The molecule has 0 aromatic heterocycles. The van der Waals surface area contributed by atoms with Crippen molar-refractivity contribution >= 4 is 0 Å². The van der Waals surface area contributed by atoms with Crippen LogP contribution in [0.5, 0.6) is 0 Å². The first-order valence-electron chi connectivity index (χ1n) is 3.26. The topological polar surface area (TPSA) is 26.0 Å². The molecule has 0 radical (unpaired) electrons. The van der Waals surface area contributed by atoms with Gasteiger partial charge in [0.25, 0.3) is 0 Å². The molecule has 0 aliphatic heterocycles. The molecule has 0 spiro atoms. The number of hydrogen-bond donors (Lipinski definition) is 1. The van der Waals surface area contributed by atoms with Crippen LogP contribution in [-0.4, -0.2) is 0 Å². The van der Waals surface area contributed by atoms with Crippen LogP contribution >= 0.6 is 0 Å². The third-order valence-electron chi connectivity index (χ3n) is 1.91. The molecule has 8 heavy (non-hydrogen) atoms. The van der Waals surface area contributed by atoms with E-state index in [0.717, 1.165) is 11.6 Å². The predicted octanol–water partition coefficient (Wildman–Crippen LogP) is 1.65. The first-order valence-corrected chi connectivity index (χ1v) is 3.26. The Balaban J connectivity index is 2.34. The van der Waals surface area contributed by atoms with Crippen LogP contribution in [0.3, 0.4) is 0 Å². The lowest BCUT2D eigenvalue weighted by Crippen LogP contribution is -2.18. The predicted molar refractivity (Wildman–Crippen MR) is 35.3 cm³/mol. The van der Waals surface area contributed by atoms with E-state index in [9.17, 15) is 0 Å². The van der Waals surface area contributed by atoms with Crippen molar-refractivity contribution in [3.63, 3.8) is 0 Å². The summed E-state index contributed by atoms with van der Waals surface area (Å²) >= 11 is 0. The van der Waals surface area contributed by atoms with Crippen molar-refractivity contribution in [2.45, 2.75) is 26.2 Å². The van der Waals surface area contributed by atoms with Crippen LogP contribution in [-0.2, 0) is 0 Å². The third kappa shape index (κ3) is 0.857. The van der Waals surface area contributed by atoms with Gasteiger partial charge < -0.3 is 5.73 Å². The molecule has 1 rings (SSSR count). The molecule has 0 unspecified atom stereocenters. The summed E-state index contributed by atoms with van der Waals surface area (Å²) in [4.78, 5) is 0. The average Bonchev–Trinajstić information content (AvgIpc) is 1.62. The van der Waals surface area contributed by atoms with Crippen LogP contribution in [0.1, 0.15) is 26.2 Å². The Labute approximate surface area is 50.6 Å². The lowest BCUT2D eigenvalue weighted by Gasteiger charge is -2.25. The zero-order chi connectivity index (χ0) is 5.98. The minimum Gasteiger partial charge on any atom is -0.402 e. The van der Waals surface area contributed by atoms with Crippen molar-refractivity contribution in [1.29, 1.82) is 0 Å². The normalized spacial score (nSPS) is 22.9. The molecule has 0 heterocycles. The summed E-state index contributed by atoms with van der Waals surface area (Å²) in [6.07, 6.45) is 6.02. The van der Waals surface area contributed by atoms with Gasteiger partial charge >= 0.3 is 0 Å². The molecule has 0 bridgehead atoms. The lowest BCUT2D eigenvalue weighted by atomic mass is 9.83. The molecule has 1 fully saturated rings. The molecule has 0 amide bonds. The van der Waals surface area contributed by atoms with Gasteiger partial charge in [-0.25, -0.2) is 0 Å². The molecule has 1 nitrogen and oxygen atoms in total. The Bertz CT molecular complexity index is 101. The molecule has 1 heteroatoms. The van der Waals surface area contributed by atoms with Crippen molar-refractivity contribution in [2.24, 2.45) is 11.7 Å². The van der Waals surface area contributed by atoms with E-state index in [2.05, 4.69) is 0 Å². The van der Waals surface area contributed by atoms with E-state index in [0.29, 0.717) is 0 Å². The summed E-state index contributed by atoms with van der Waals surface area (Å²) in [6, 6.07) is 0. The third-order valence-corrected chi connectivity index (χ3v) is 1.91. The van der Waals surface area contributed by atoms with E-state index < -0.39 is 0 Å². The SMILES string of the molecule is C/C=C(\N)C1CCC1. The Morgan fingerprint density at radius 2 is 2.25 bits per heavy atom. The highest BCUT2D eigenvalue weighted by Crippen LogP contribution is 2.30. The van der Waals surface area contributed by atoms with Gasteiger partial charge in [0.05, 0.1) is 0 Å². The highest BCUT2D eigenvalue weighted by Gasteiger charge is 2.18. The Morgan fingerprint density at radius 1 is 1.62 bits per heavy atom. The number of nitrogens with two attached hydrogens (primary N) is 1. The largest absolute Gasteiger partial charge is 0.402 e. The van der Waals surface area contributed by atoms with E-state index in [-0.39, 0.29) is 0 Å². The minimum atomic E-state index is 0.736. The van der Waals surface area contributed by atoms with Gasteiger partial charge in [0.1, 0.15) is 0 Å². The fourth-order valence-corrected chi connectivity index (χ4v) is 0.977. The first kappa shape index (κ1) is 5.67. The van der Waals surface area contributed by atoms with Crippen molar-refractivity contribution in [3.8, 4) is 0 Å². The Morgan fingerprint density at radius 3 is 2.38 bits per heavy atom. The van der Waals surface area contributed by atoms with E-state index >= 15 is 0 Å². The summed E-state index contributed by atoms with van der Waals surface area (Å²) in [6.45, 7) is 2.01. The van der Waals surface area contributed by atoms with Crippen LogP contribution in [0.25, 0.3) is 0 Å². The summed E-state index contributed by atoms with van der Waals surface area (Å²) in [7, 11) is 0. The standard InChI is InChI=1S/C7H13N/c1-2-7(8)6-4-3-5-6/h2,6H,3-5,8H2,1H3/b7-2-. The summed E-state index contributed by atoms with van der Waals surface area (Å²) < 4.78 is 0. The zero-order valence-electron chi connectivity index (χ0n) is 5.35. The van der Waals surface area contributed by atoms with Gasteiger partial charge in [0, 0.05) is 5.70 Å². The maximum Gasteiger partial charge on any atom is 0.00686 e. The monoisotopic (exact) mass is 111 g/mol. The fourth-order valence-electron chi connectivity index (χ4n) is 0.977. The molecular weight excluding hydrogens is 98.1 g/mol. The summed E-state index contributed by atoms with van der Waals surface area (Å²) in [5, 5.41) is 0. The maximum absolute atomic E-state index is 5.64. The minimum absolute atomic E-state index is 0.736. The van der Waals surface area contributed by atoms with E-state index in [1.807, 2.05) is 13.0 Å². The van der Waals surface area contributed by atoms with E-state index in [1.54, 1.807) is 0 Å². The molecule has 0 saturated heterocycles. The first-order chi connectivity index (χ1) is 3.84. The zero-order valence-corrected chi connectivity index (χ0v) is 5.35. The van der Waals surface area contributed by atoms with Crippen molar-refractivity contribution < 1.29 is 0 Å². The van der Waals surface area contributed by atoms with Crippen LogP contribution in [0.2, 0.25) is 0 Å². The van der Waals surface area contributed by atoms with Gasteiger partial charge in [-0.3, -0.25) is 0 Å². The maximum atomic E-state index is 5.64. The smallest absolute Gasteiger partial charge is 0.00686 e. The lowest BCUT2D eigenvalue weighted by molar-refractivity contribution is 0.364. The van der Waals surface area contributed by atoms with Gasteiger partial charge in [-0.15, -0.1) is 0 Å². The summed E-state index contributed by atoms with van der Waals surface area (Å²) in [5.74, 6) is 0.736. The molecule has 46 valence electrons. The van der Waals surface area contributed by atoms with Crippen LogP contribution < -0.4 is 5.73 Å². The molecular formula is C7H13N. The number of allylic oxidation sites excluding steroid dienone is 2. The van der Waals surface area contributed by atoms with Crippen molar-refractivity contribution in [1.82, 2.24) is 0 Å². The molecule has 1 saturated carbocycles. The quantitative estimate of drug-likeness (QED) is 0.547. The van der Waals surface area contributed by atoms with E-state index in [4.69, 9.17) is 5.73 Å². The van der Waals surface area contributed by atoms with Gasteiger partial charge in [0.2, 0.25) is 0 Å².